The Balaban J connectivity index is 1.31. The van der Waals surface area contributed by atoms with Crippen LogP contribution in [0.15, 0.2) is 24.3 Å². The number of aliphatic hydroxyl groups is 11. The van der Waals surface area contributed by atoms with E-state index in [0.717, 1.165) is 51.4 Å². The molecule has 82 heavy (non-hydrogen) atoms. The summed E-state index contributed by atoms with van der Waals surface area (Å²) in [7, 11) is 0. The van der Waals surface area contributed by atoms with Crippen LogP contribution in [-0.4, -0.2) is 193 Å². The van der Waals surface area contributed by atoms with E-state index in [-0.39, 0.29) is 18.9 Å². The quantitative estimate of drug-likeness (QED) is 0.0213. The first-order chi connectivity index (χ1) is 39.8. The van der Waals surface area contributed by atoms with Crippen LogP contribution in [0, 0.1) is 0 Å². The fraction of sp³-hybridized carbons (Fsp3) is 0.921. The van der Waals surface area contributed by atoms with Crippen molar-refractivity contribution >= 4 is 5.91 Å². The molecule has 0 aromatic rings. The number of aliphatic hydroxyl groups excluding tert-OH is 11. The minimum absolute atomic E-state index is 0.246. The van der Waals surface area contributed by atoms with Crippen molar-refractivity contribution in [1.82, 2.24) is 5.32 Å². The van der Waals surface area contributed by atoms with Gasteiger partial charge in [0.05, 0.1) is 38.6 Å². The molecule has 0 aliphatic carbocycles. The fourth-order valence-corrected chi connectivity index (χ4v) is 11.1. The maximum absolute atomic E-state index is 13.3. The maximum atomic E-state index is 13.3. The highest BCUT2D eigenvalue weighted by Crippen LogP contribution is 2.33. The summed E-state index contributed by atoms with van der Waals surface area (Å²) in [5.41, 5.74) is 0. The van der Waals surface area contributed by atoms with Gasteiger partial charge in [0, 0.05) is 6.42 Å². The molecule has 0 aromatic heterocycles. The SMILES string of the molecule is CCCCCC/C=C/C(O)C(COC1OC(CO)C(OC2OC(CO)C(OC3OC(CO)C(O)C(O)C3O)C(O)C2O)C(O)C1O)NC(=O)CCCCCCCCCCCCCCCCCCCCC/C=C\CCCCCCCCCC. The molecule has 3 fully saturated rings. The minimum atomic E-state index is -1.97. The Hall–Kier alpha value is -1.73. The van der Waals surface area contributed by atoms with Crippen molar-refractivity contribution in [3.05, 3.63) is 24.3 Å². The monoisotopic (exact) mass is 1180 g/mol. The Morgan fingerprint density at radius 1 is 0.427 bits per heavy atom. The van der Waals surface area contributed by atoms with E-state index in [1.54, 1.807) is 6.08 Å². The number of carbonyl (C=O) groups excluding carboxylic acids is 1. The normalized spacial score (nSPS) is 29.7. The summed E-state index contributed by atoms with van der Waals surface area (Å²) in [4.78, 5) is 13.3. The summed E-state index contributed by atoms with van der Waals surface area (Å²) >= 11 is 0. The third kappa shape index (κ3) is 29.3. The van der Waals surface area contributed by atoms with Crippen LogP contribution < -0.4 is 5.32 Å². The zero-order valence-electron chi connectivity index (χ0n) is 50.5. The van der Waals surface area contributed by atoms with Gasteiger partial charge < -0.3 is 89.9 Å². The van der Waals surface area contributed by atoms with Gasteiger partial charge in [0.2, 0.25) is 5.91 Å². The third-order valence-corrected chi connectivity index (χ3v) is 16.5. The van der Waals surface area contributed by atoms with Gasteiger partial charge in [-0.25, -0.2) is 0 Å². The summed E-state index contributed by atoms with van der Waals surface area (Å²) in [5.74, 6) is -0.278. The van der Waals surface area contributed by atoms with Crippen LogP contribution in [0.1, 0.15) is 239 Å². The predicted molar refractivity (Wildman–Crippen MR) is 314 cm³/mol. The molecule has 3 aliphatic rings. The third-order valence-electron chi connectivity index (χ3n) is 16.5. The van der Waals surface area contributed by atoms with Crippen molar-refractivity contribution in [2.75, 3.05) is 26.4 Å². The van der Waals surface area contributed by atoms with E-state index in [2.05, 4.69) is 31.3 Å². The molecular weight excluding hydrogens is 1060 g/mol. The van der Waals surface area contributed by atoms with Gasteiger partial charge in [0.1, 0.15) is 73.2 Å². The van der Waals surface area contributed by atoms with Crippen LogP contribution in [0.5, 0.6) is 0 Å². The van der Waals surface area contributed by atoms with E-state index in [1.165, 1.54) is 161 Å². The second kappa shape index (κ2) is 46.4. The Morgan fingerprint density at radius 3 is 1.20 bits per heavy atom. The molecule has 0 radical (unpaired) electrons. The van der Waals surface area contributed by atoms with Gasteiger partial charge >= 0.3 is 0 Å². The molecule has 19 nitrogen and oxygen atoms in total. The maximum Gasteiger partial charge on any atom is 0.220 e. The molecule has 482 valence electrons. The molecular formula is C63H117NO18. The Bertz CT molecular complexity index is 1590. The molecule has 12 N–H and O–H groups in total. The van der Waals surface area contributed by atoms with Crippen LogP contribution in [0.25, 0.3) is 0 Å². The van der Waals surface area contributed by atoms with E-state index in [4.69, 9.17) is 28.4 Å². The zero-order chi connectivity index (χ0) is 59.7. The Kier molecular flexibility index (Phi) is 42.2. The molecule has 3 heterocycles. The number of amides is 1. The van der Waals surface area contributed by atoms with Crippen molar-refractivity contribution in [3.63, 3.8) is 0 Å². The number of carbonyl (C=O) groups is 1. The first-order valence-corrected chi connectivity index (χ1v) is 32.6. The average Bonchev–Trinajstić information content (AvgIpc) is 3.53. The van der Waals surface area contributed by atoms with E-state index in [1.807, 2.05) is 6.08 Å². The molecule has 3 saturated heterocycles. The number of unbranched alkanes of at least 4 members (excludes halogenated alkanes) is 31. The van der Waals surface area contributed by atoms with Crippen molar-refractivity contribution in [2.24, 2.45) is 0 Å². The largest absolute Gasteiger partial charge is 0.394 e. The van der Waals surface area contributed by atoms with Crippen LogP contribution in [-0.2, 0) is 33.2 Å². The van der Waals surface area contributed by atoms with Crippen molar-refractivity contribution in [1.29, 1.82) is 0 Å². The fourth-order valence-electron chi connectivity index (χ4n) is 11.1. The summed E-state index contributed by atoms with van der Waals surface area (Å²) in [5, 5.41) is 120. The van der Waals surface area contributed by atoms with Gasteiger partial charge in [-0.3, -0.25) is 4.79 Å². The van der Waals surface area contributed by atoms with Crippen LogP contribution in [0.2, 0.25) is 0 Å². The van der Waals surface area contributed by atoms with Gasteiger partial charge in [-0.2, -0.15) is 0 Å². The standard InChI is InChI=1S/C63H117NO18/c1-3-5-7-9-11-12-13-14-15-16-17-18-19-20-21-22-23-24-25-26-27-28-29-30-31-32-33-34-35-37-39-41-51(69)64-46(47(68)40-38-36-10-8-6-4-2)45-77-61-57(75)54(72)59(49(43-66)79-61)82-63-58(76)55(73)60(50(44-67)80-63)81-62-56(74)53(71)52(70)48(42-65)78-62/h16-17,38,40,46-50,52-63,65-68,70-76H,3-15,18-37,39,41-45H2,1-2H3,(H,64,69)/b17-16-,40-38+. The number of allylic oxidation sites excluding steroid dienone is 3. The highest BCUT2D eigenvalue weighted by Gasteiger charge is 2.53. The lowest BCUT2D eigenvalue weighted by Crippen LogP contribution is -2.66. The zero-order valence-corrected chi connectivity index (χ0v) is 50.5. The number of hydrogen-bond acceptors (Lipinski definition) is 18. The molecule has 3 aliphatic heterocycles. The molecule has 0 aromatic carbocycles. The summed E-state index contributed by atoms with van der Waals surface area (Å²) in [6, 6.07) is -0.966. The van der Waals surface area contributed by atoms with Crippen molar-refractivity contribution in [2.45, 2.75) is 343 Å². The lowest BCUT2D eigenvalue weighted by atomic mass is 9.96. The average molecular weight is 1180 g/mol. The molecule has 17 unspecified atom stereocenters. The number of hydrogen-bond donors (Lipinski definition) is 12. The second-order valence-electron chi connectivity index (χ2n) is 23.6. The van der Waals surface area contributed by atoms with Gasteiger partial charge in [-0.15, -0.1) is 0 Å². The molecule has 19 heteroatoms. The second-order valence-corrected chi connectivity index (χ2v) is 23.6. The molecule has 1 amide bonds. The van der Waals surface area contributed by atoms with Gasteiger partial charge in [-0.05, 0) is 44.9 Å². The van der Waals surface area contributed by atoms with Crippen molar-refractivity contribution in [3.8, 4) is 0 Å². The first kappa shape index (κ1) is 74.5. The van der Waals surface area contributed by atoms with Gasteiger partial charge in [0.25, 0.3) is 0 Å². The predicted octanol–water partition coefficient (Wildman–Crippen LogP) is 7.10. The smallest absolute Gasteiger partial charge is 0.220 e. The Labute approximate surface area is 492 Å². The molecule has 3 rings (SSSR count). The summed E-state index contributed by atoms with van der Waals surface area (Å²) in [6.07, 6.45) is 23.9. The highest BCUT2D eigenvalue weighted by atomic mass is 16.8. The number of rotatable bonds is 49. The molecule has 17 atom stereocenters. The summed E-state index contributed by atoms with van der Waals surface area (Å²) < 4.78 is 34.1. The van der Waals surface area contributed by atoms with Crippen LogP contribution in [0.3, 0.4) is 0 Å². The number of ether oxygens (including phenoxy) is 6. The van der Waals surface area contributed by atoms with E-state index < -0.39 is 124 Å². The number of nitrogens with one attached hydrogen (secondary N) is 1. The topological polar surface area (TPSA) is 307 Å². The van der Waals surface area contributed by atoms with Crippen LogP contribution in [0.4, 0.5) is 0 Å². The minimum Gasteiger partial charge on any atom is -0.394 e. The van der Waals surface area contributed by atoms with Crippen molar-refractivity contribution < 1.29 is 89.4 Å². The van der Waals surface area contributed by atoms with E-state index in [9.17, 15) is 61.0 Å². The highest BCUT2D eigenvalue weighted by molar-refractivity contribution is 5.76. The van der Waals surface area contributed by atoms with E-state index >= 15 is 0 Å². The molecule has 0 saturated carbocycles. The van der Waals surface area contributed by atoms with Gasteiger partial charge in [-0.1, -0.05) is 212 Å². The summed E-state index contributed by atoms with van der Waals surface area (Å²) in [6.45, 7) is 1.64. The van der Waals surface area contributed by atoms with Crippen LogP contribution >= 0.6 is 0 Å². The first-order valence-electron chi connectivity index (χ1n) is 32.6. The molecule has 0 spiro atoms. The van der Waals surface area contributed by atoms with Gasteiger partial charge in [0.15, 0.2) is 18.9 Å². The lowest BCUT2D eigenvalue weighted by Gasteiger charge is -2.48. The Morgan fingerprint density at radius 2 is 0.768 bits per heavy atom. The molecule has 0 bridgehead atoms. The lowest BCUT2D eigenvalue weighted by molar-refractivity contribution is -0.379. The van der Waals surface area contributed by atoms with E-state index in [0.29, 0.717) is 6.42 Å².